The highest BCUT2D eigenvalue weighted by atomic mass is 15.2. The third-order valence-corrected chi connectivity index (χ3v) is 4.86. The van der Waals surface area contributed by atoms with Gasteiger partial charge >= 0.3 is 0 Å². The molecule has 1 saturated heterocycles. The minimum atomic E-state index is 0.720. The van der Waals surface area contributed by atoms with Crippen molar-refractivity contribution >= 4 is 5.96 Å². The molecule has 2 N–H and O–H groups in total. The molecule has 0 radical (unpaired) electrons. The number of hydrogen-bond donors (Lipinski definition) is 2. The van der Waals surface area contributed by atoms with Gasteiger partial charge in [-0.3, -0.25) is 4.90 Å². The van der Waals surface area contributed by atoms with Crippen LogP contribution in [0.5, 0.6) is 0 Å². The van der Waals surface area contributed by atoms with Crippen molar-refractivity contribution in [1.29, 1.82) is 0 Å². The van der Waals surface area contributed by atoms with E-state index in [2.05, 4.69) is 65.6 Å². The van der Waals surface area contributed by atoms with Crippen molar-refractivity contribution in [2.75, 3.05) is 46.3 Å². The Morgan fingerprint density at radius 1 is 0.962 bits per heavy atom. The lowest BCUT2D eigenvalue weighted by Gasteiger charge is -2.32. The zero-order chi connectivity index (χ0) is 18.6. The van der Waals surface area contributed by atoms with Gasteiger partial charge in [-0.1, -0.05) is 44.0 Å². The van der Waals surface area contributed by atoms with Crippen molar-refractivity contribution in [1.82, 2.24) is 20.4 Å². The molecule has 2 rings (SSSR count). The maximum atomic E-state index is 4.71. The largest absolute Gasteiger partial charge is 0.357 e. The van der Waals surface area contributed by atoms with Gasteiger partial charge in [-0.05, 0) is 31.5 Å². The first-order chi connectivity index (χ1) is 12.7. The average Bonchev–Trinajstić information content (AvgIpc) is 2.66. The van der Waals surface area contributed by atoms with E-state index >= 15 is 0 Å². The van der Waals surface area contributed by atoms with Crippen LogP contribution >= 0.6 is 0 Å². The van der Waals surface area contributed by atoms with E-state index in [1.807, 2.05) is 0 Å². The Balaban J connectivity index is 1.80. The van der Waals surface area contributed by atoms with Gasteiger partial charge in [-0.25, -0.2) is 4.99 Å². The van der Waals surface area contributed by atoms with Gasteiger partial charge in [0.1, 0.15) is 0 Å². The fourth-order valence-electron chi connectivity index (χ4n) is 3.11. The molecule has 1 aliphatic rings. The van der Waals surface area contributed by atoms with E-state index in [1.165, 1.54) is 43.5 Å². The van der Waals surface area contributed by atoms with Gasteiger partial charge in [0.2, 0.25) is 0 Å². The second-order valence-corrected chi connectivity index (χ2v) is 7.22. The molecular formula is C21H37N5. The van der Waals surface area contributed by atoms with Crippen molar-refractivity contribution in [3.8, 4) is 0 Å². The van der Waals surface area contributed by atoms with Gasteiger partial charge in [0, 0.05) is 45.8 Å². The maximum Gasteiger partial charge on any atom is 0.191 e. The summed E-state index contributed by atoms with van der Waals surface area (Å²) in [6.45, 7) is 12.7. The summed E-state index contributed by atoms with van der Waals surface area (Å²) in [5.74, 6) is 0.921. The summed E-state index contributed by atoms with van der Waals surface area (Å²) in [7, 11) is 2.20. The molecule has 0 atom stereocenters. The third kappa shape index (κ3) is 7.75. The molecule has 5 heteroatoms. The van der Waals surface area contributed by atoms with Crippen LogP contribution < -0.4 is 10.6 Å². The summed E-state index contributed by atoms with van der Waals surface area (Å²) in [5.41, 5.74) is 2.66. The molecule has 0 spiro atoms. The number of aliphatic imine (C=N–C) groups is 1. The predicted molar refractivity (Wildman–Crippen MR) is 112 cm³/mol. The Bertz CT molecular complexity index is 518. The zero-order valence-electron chi connectivity index (χ0n) is 16.9. The number of hydrogen-bond acceptors (Lipinski definition) is 3. The highest BCUT2D eigenvalue weighted by Crippen LogP contribution is 2.10. The van der Waals surface area contributed by atoms with E-state index in [4.69, 9.17) is 4.99 Å². The summed E-state index contributed by atoms with van der Waals surface area (Å²) < 4.78 is 0. The van der Waals surface area contributed by atoms with Crippen LogP contribution in [0.25, 0.3) is 0 Å². The Morgan fingerprint density at radius 2 is 1.65 bits per heavy atom. The molecule has 1 aliphatic heterocycles. The molecule has 1 heterocycles. The maximum absolute atomic E-state index is 4.71. The average molecular weight is 360 g/mol. The topological polar surface area (TPSA) is 42.9 Å². The van der Waals surface area contributed by atoms with Crippen LogP contribution in [0.15, 0.2) is 29.3 Å². The molecule has 1 aromatic rings. The Hall–Kier alpha value is -1.59. The summed E-state index contributed by atoms with van der Waals surface area (Å²) >= 11 is 0. The first kappa shape index (κ1) is 20.7. The molecule has 146 valence electrons. The summed E-state index contributed by atoms with van der Waals surface area (Å²) in [6, 6.07) is 8.95. The molecule has 26 heavy (non-hydrogen) atoms. The summed E-state index contributed by atoms with van der Waals surface area (Å²) in [6.07, 6.45) is 3.71. The zero-order valence-corrected chi connectivity index (χ0v) is 16.9. The molecule has 1 aromatic carbocycles. The molecule has 1 fully saturated rings. The van der Waals surface area contributed by atoms with E-state index in [0.29, 0.717) is 0 Å². The van der Waals surface area contributed by atoms with E-state index in [-0.39, 0.29) is 0 Å². The number of nitrogens with zero attached hydrogens (tertiary/aromatic N) is 3. The van der Waals surface area contributed by atoms with Crippen molar-refractivity contribution in [3.63, 3.8) is 0 Å². The SMILES string of the molecule is CCCCCNC(=NCc1ccc(CN2CCN(C)CC2)cc1)NCC. The number of piperazine rings is 1. The van der Waals surface area contributed by atoms with Gasteiger partial charge in [-0.2, -0.15) is 0 Å². The number of guanidine groups is 1. The number of likely N-dealkylation sites (N-methyl/N-ethyl adjacent to an activating group) is 1. The van der Waals surface area contributed by atoms with Crippen LogP contribution in [-0.2, 0) is 13.1 Å². The summed E-state index contributed by atoms with van der Waals surface area (Å²) in [4.78, 5) is 9.65. The van der Waals surface area contributed by atoms with E-state index < -0.39 is 0 Å². The van der Waals surface area contributed by atoms with Gasteiger partial charge in [0.05, 0.1) is 6.54 Å². The van der Waals surface area contributed by atoms with Crippen molar-refractivity contribution in [3.05, 3.63) is 35.4 Å². The van der Waals surface area contributed by atoms with Crippen LogP contribution in [0.1, 0.15) is 44.2 Å². The van der Waals surface area contributed by atoms with E-state index in [1.54, 1.807) is 0 Å². The Morgan fingerprint density at radius 3 is 2.31 bits per heavy atom. The molecule has 0 bridgehead atoms. The van der Waals surface area contributed by atoms with Gasteiger partial charge < -0.3 is 15.5 Å². The lowest BCUT2D eigenvalue weighted by molar-refractivity contribution is 0.148. The van der Waals surface area contributed by atoms with Crippen molar-refractivity contribution in [2.24, 2.45) is 4.99 Å². The minimum Gasteiger partial charge on any atom is -0.357 e. The number of unbranched alkanes of at least 4 members (excludes halogenated alkanes) is 2. The first-order valence-corrected chi connectivity index (χ1v) is 10.2. The van der Waals surface area contributed by atoms with Crippen LogP contribution in [0.4, 0.5) is 0 Å². The van der Waals surface area contributed by atoms with Gasteiger partial charge in [-0.15, -0.1) is 0 Å². The van der Waals surface area contributed by atoms with Crippen molar-refractivity contribution in [2.45, 2.75) is 46.2 Å². The number of benzene rings is 1. The van der Waals surface area contributed by atoms with E-state index in [9.17, 15) is 0 Å². The molecular weight excluding hydrogens is 322 g/mol. The molecule has 0 amide bonds. The highest BCUT2D eigenvalue weighted by molar-refractivity contribution is 5.79. The third-order valence-electron chi connectivity index (χ3n) is 4.86. The lowest BCUT2D eigenvalue weighted by Crippen LogP contribution is -2.43. The van der Waals surface area contributed by atoms with Crippen LogP contribution in [0, 0.1) is 0 Å². The molecule has 0 unspecified atom stereocenters. The Kier molecular flexibility index (Phi) is 9.50. The second-order valence-electron chi connectivity index (χ2n) is 7.22. The minimum absolute atomic E-state index is 0.720. The Labute approximate surface area is 159 Å². The fraction of sp³-hybridized carbons (Fsp3) is 0.667. The van der Waals surface area contributed by atoms with E-state index in [0.717, 1.165) is 45.2 Å². The standard InChI is InChI=1S/C21H37N5/c1-4-6-7-12-23-21(22-5-2)24-17-19-8-10-20(11-9-19)18-26-15-13-25(3)14-16-26/h8-11H,4-7,12-18H2,1-3H3,(H2,22,23,24). The van der Waals surface area contributed by atoms with Crippen LogP contribution in [-0.4, -0.2) is 62.1 Å². The normalized spacial score (nSPS) is 16.7. The first-order valence-electron chi connectivity index (χ1n) is 10.2. The predicted octanol–water partition coefficient (Wildman–Crippen LogP) is 2.68. The number of rotatable bonds is 9. The monoisotopic (exact) mass is 359 g/mol. The molecule has 5 nitrogen and oxygen atoms in total. The molecule has 0 aromatic heterocycles. The molecule has 0 saturated carbocycles. The van der Waals surface area contributed by atoms with Crippen molar-refractivity contribution < 1.29 is 0 Å². The lowest BCUT2D eigenvalue weighted by atomic mass is 10.1. The summed E-state index contributed by atoms with van der Waals surface area (Å²) in [5, 5.41) is 6.75. The van der Waals surface area contributed by atoms with Crippen LogP contribution in [0.3, 0.4) is 0 Å². The smallest absolute Gasteiger partial charge is 0.191 e. The fourth-order valence-corrected chi connectivity index (χ4v) is 3.11. The molecule has 0 aliphatic carbocycles. The second kappa shape index (κ2) is 11.9. The highest BCUT2D eigenvalue weighted by Gasteiger charge is 2.13. The van der Waals surface area contributed by atoms with Gasteiger partial charge in [0.25, 0.3) is 0 Å². The quantitative estimate of drug-likeness (QED) is 0.404. The van der Waals surface area contributed by atoms with Gasteiger partial charge in [0.15, 0.2) is 5.96 Å². The number of nitrogens with one attached hydrogen (secondary N) is 2. The van der Waals surface area contributed by atoms with Crippen LogP contribution in [0.2, 0.25) is 0 Å².